The molecule has 0 aromatic heterocycles. The summed E-state index contributed by atoms with van der Waals surface area (Å²) in [5.74, 6) is -2.33. The van der Waals surface area contributed by atoms with Crippen LogP contribution in [0, 0.1) is 0 Å². The second-order valence-electron chi connectivity index (χ2n) is 3.37. The van der Waals surface area contributed by atoms with E-state index in [2.05, 4.69) is 4.74 Å². The smallest absolute Gasteiger partial charge is 0.379 e. The minimum Gasteiger partial charge on any atom is -0.872 e. The van der Waals surface area contributed by atoms with Gasteiger partial charge in [-0.3, -0.25) is 4.79 Å². The first-order chi connectivity index (χ1) is 8.07. The Labute approximate surface area is 99.5 Å². The van der Waals surface area contributed by atoms with Gasteiger partial charge >= 0.3 is 5.97 Å². The quantitative estimate of drug-likeness (QED) is 0.335. The first-order valence-electron chi connectivity index (χ1n) is 5.22. The van der Waals surface area contributed by atoms with E-state index in [1.807, 2.05) is 0 Å². The number of benzene rings is 1. The summed E-state index contributed by atoms with van der Waals surface area (Å²) in [6.45, 7) is 3.03. The van der Waals surface area contributed by atoms with E-state index in [0.29, 0.717) is 5.56 Å². The number of carbonyl (C=O) groups excluding carboxylic acids is 2. The highest BCUT2D eigenvalue weighted by Gasteiger charge is 2.17. The second-order valence-corrected chi connectivity index (χ2v) is 3.37. The zero-order valence-corrected chi connectivity index (χ0v) is 9.73. The van der Waals surface area contributed by atoms with E-state index in [4.69, 9.17) is 0 Å². The van der Waals surface area contributed by atoms with Gasteiger partial charge in [0.2, 0.25) is 0 Å². The van der Waals surface area contributed by atoms with E-state index >= 15 is 0 Å². The third-order valence-corrected chi connectivity index (χ3v) is 2.18. The highest BCUT2D eigenvalue weighted by atomic mass is 16.5. The third-order valence-electron chi connectivity index (χ3n) is 2.18. The van der Waals surface area contributed by atoms with Crippen molar-refractivity contribution in [2.75, 3.05) is 6.61 Å². The average molecular weight is 233 g/mol. The van der Waals surface area contributed by atoms with Gasteiger partial charge in [0.15, 0.2) is 0 Å². The molecule has 0 aliphatic heterocycles. The van der Waals surface area contributed by atoms with E-state index in [-0.39, 0.29) is 12.2 Å². The molecule has 1 aromatic carbocycles. The molecule has 1 aromatic rings. The lowest BCUT2D eigenvalue weighted by Crippen LogP contribution is -2.21. The van der Waals surface area contributed by atoms with Crippen molar-refractivity contribution in [3.63, 3.8) is 0 Å². The summed E-state index contributed by atoms with van der Waals surface area (Å²) in [4.78, 5) is 22.7. The van der Waals surface area contributed by atoms with Crippen LogP contribution >= 0.6 is 0 Å². The predicted octanol–water partition coefficient (Wildman–Crippen LogP) is 0.910. The highest BCUT2D eigenvalue weighted by Crippen LogP contribution is 2.13. The molecule has 0 fully saturated rings. The van der Waals surface area contributed by atoms with Crippen LogP contribution in [0.5, 0.6) is 0 Å². The summed E-state index contributed by atoms with van der Waals surface area (Å²) in [5, 5.41) is 11.8. The molecular weight excluding hydrogens is 220 g/mol. The molecule has 0 bridgehead atoms. The molecular formula is C13H13O4-. The molecule has 0 saturated heterocycles. The van der Waals surface area contributed by atoms with E-state index in [1.54, 1.807) is 37.3 Å². The summed E-state index contributed by atoms with van der Waals surface area (Å²) in [6, 6.07) is 8.32. The minimum atomic E-state index is -0.991. The van der Waals surface area contributed by atoms with Crippen molar-refractivity contribution in [1.82, 2.24) is 0 Å². The van der Waals surface area contributed by atoms with Crippen LogP contribution in [0.3, 0.4) is 0 Å². The molecule has 0 aliphatic carbocycles. The van der Waals surface area contributed by atoms with E-state index in [9.17, 15) is 14.7 Å². The lowest BCUT2D eigenvalue weighted by atomic mass is 10.1. The molecule has 1 rings (SSSR count). The molecule has 0 N–H and O–H groups in total. The maximum absolute atomic E-state index is 11.8. The molecule has 0 unspecified atom stereocenters. The van der Waals surface area contributed by atoms with Crippen molar-refractivity contribution in [2.24, 2.45) is 0 Å². The van der Waals surface area contributed by atoms with Gasteiger partial charge in [-0.15, -0.1) is 0 Å². The Hall–Kier alpha value is -2.10. The summed E-state index contributed by atoms with van der Waals surface area (Å²) < 4.78 is 4.55. The molecule has 0 atom stereocenters. The van der Waals surface area contributed by atoms with Crippen LogP contribution in [0.4, 0.5) is 0 Å². The number of hydrogen-bond donors (Lipinski definition) is 0. The topological polar surface area (TPSA) is 66.4 Å². The first-order valence-corrected chi connectivity index (χ1v) is 5.22. The van der Waals surface area contributed by atoms with Gasteiger partial charge in [0.25, 0.3) is 5.78 Å². The molecule has 90 valence electrons. The lowest BCUT2D eigenvalue weighted by Gasteiger charge is -2.15. The van der Waals surface area contributed by atoms with Gasteiger partial charge < -0.3 is 9.84 Å². The van der Waals surface area contributed by atoms with Crippen LogP contribution in [0.25, 0.3) is 5.76 Å². The fraction of sp³-hybridized carbons (Fsp3) is 0.231. The Bertz CT molecular complexity index is 446. The zero-order valence-electron chi connectivity index (χ0n) is 9.73. The largest absolute Gasteiger partial charge is 0.872 e. The van der Waals surface area contributed by atoms with Crippen molar-refractivity contribution in [2.45, 2.75) is 13.8 Å². The van der Waals surface area contributed by atoms with Crippen molar-refractivity contribution in [1.29, 1.82) is 0 Å². The Morgan fingerprint density at radius 2 is 1.82 bits per heavy atom. The van der Waals surface area contributed by atoms with Gasteiger partial charge in [0.1, 0.15) is 0 Å². The van der Waals surface area contributed by atoms with E-state index < -0.39 is 17.5 Å². The van der Waals surface area contributed by atoms with Crippen LogP contribution in [0.1, 0.15) is 19.4 Å². The van der Waals surface area contributed by atoms with Gasteiger partial charge in [0, 0.05) is 0 Å². The molecule has 0 spiro atoms. The number of carbonyl (C=O) groups is 2. The Morgan fingerprint density at radius 1 is 1.24 bits per heavy atom. The fourth-order valence-corrected chi connectivity index (χ4v) is 1.26. The van der Waals surface area contributed by atoms with E-state index in [1.165, 1.54) is 6.92 Å². The molecule has 4 heteroatoms. The molecule has 0 aliphatic rings. The van der Waals surface area contributed by atoms with Gasteiger partial charge in [-0.2, -0.15) is 0 Å². The van der Waals surface area contributed by atoms with Crippen molar-refractivity contribution in [3.8, 4) is 0 Å². The van der Waals surface area contributed by atoms with Crippen LogP contribution < -0.4 is 5.11 Å². The SMILES string of the molecule is CCOC(=O)C(=O)C(C)=C([O-])c1ccccc1. The number of esters is 1. The third kappa shape index (κ3) is 3.17. The standard InChI is InChI=1S/C13H14O4/c1-3-17-13(16)12(15)9(2)11(14)10-7-5-4-6-8-10/h4-8,14H,3H2,1-2H3/p-1. The lowest BCUT2D eigenvalue weighted by molar-refractivity contribution is -0.244. The van der Waals surface area contributed by atoms with Crippen molar-refractivity contribution < 1.29 is 19.4 Å². The van der Waals surface area contributed by atoms with Gasteiger partial charge in [-0.1, -0.05) is 36.1 Å². The number of ketones is 1. The number of Topliss-reactive ketones (excluding diaryl/α,β-unsaturated/α-hetero) is 1. The van der Waals surface area contributed by atoms with Crippen LogP contribution in [0.15, 0.2) is 35.9 Å². The summed E-state index contributed by atoms with van der Waals surface area (Å²) in [7, 11) is 0. The Morgan fingerprint density at radius 3 is 2.35 bits per heavy atom. The molecule has 4 nitrogen and oxygen atoms in total. The maximum Gasteiger partial charge on any atom is 0.379 e. The zero-order chi connectivity index (χ0) is 12.8. The second kappa shape index (κ2) is 5.84. The van der Waals surface area contributed by atoms with Crippen LogP contribution in [-0.2, 0) is 14.3 Å². The number of rotatable bonds is 4. The minimum absolute atomic E-state index is 0.109. The summed E-state index contributed by atoms with van der Waals surface area (Å²) in [6.07, 6.45) is 0. The van der Waals surface area contributed by atoms with Gasteiger partial charge in [-0.05, 0) is 25.0 Å². The van der Waals surface area contributed by atoms with Crippen molar-refractivity contribution in [3.05, 3.63) is 41.5 Å². The van der Waals surface area contributed by atoms with Crippen molar-refractivity contribution >= 4 is 17.5 Å². The van der Waals surface area contributed by atoms with Crippen LogP contribution in [-0.4, -0.2) is 18.4 Å². The number of ether oxygens (including phenoxy) is 1. The summed E-state index contributed by atoms with van der Waals surface area (Å²) >= 11 is 0. The summed E-state index contributed by atoms with van der Waals surface area (Å²) in [5.41, 5.74) is 0.247. The monoisotopic (exact) mass is 233 g/mol. The van der Waals surface area contributed by atoms with Crippen LogP contribution in [0.2, 0.25) is 0 Å². The van der Waals surface area contributed by atoms with Gasteiger partial charge in [0.05, 0.1) is 6.61 Å². The Balaban J connectivity index is 2.98. The first kappa shape index (κ1) is 13.0. The van der Waals surface area contributed by atoms with E-state index in [0.717, 1.165) is 0 Å². The molecule has 0 radical (unpaired) electrons. The predicted molar refractivity (Wildman–Crippen MR) is 60.7 cm³/mol. The highest BCUT2D eigenvalue weighted by molar-refractivity contribution is 6.41. The number of hydrogen-bond acceptors (Lipinski definition) is 4. The Kier molecular flexibility index (Phi) is 4.46. The molecule has 0 amide bonds. The average Bonchev–Trinajstić information content (AvgIpc) is 2.37. The maximum atomic E-state index is 11.8. The molecule has 0 heterocycles. The fourth-order valence-electron chi connectivity index (χ4n) is 1.26. The molecule has 17 heavy (non-hydrogen) atoms. The van der Waals surface area contributed by atoms with Gasteiger partial charge in [-0.25, -0.2) is 4.79 Å². The normalized spacial score (nSPS) is 11.6. The molecule has 0 saturated carbocycles.